The molecule has 0 saturated heterocycles. The highest BCUT2D eigenvalue weighted by molar-refractivity contribution is 6.16. The Morgan fingerprint density at radius 2 is 2.06 bits per heavy atom. The van der Waals surface area contributed by atoms with Crippen LogP contribution < -0.4 is 5.56 Å². The van der Waals surface area contributed by atoms with Crippen molar-refractivity contribution in [3.8, 4) is 0 Å². The Kier molecular flexibility index (Phi) is 4.44. The summed E-state index contributed by atoms with van der Waals surface area (Å²) in [5.74, 6) is 3.12. The summed E-state index contributed by atoms with van der Waals surface area (Å²) in [5, 5.41) is 0. The van der Waals surface area contributed by atoms with Gasteiger partial charge in [-0.25, -0.2) is 4.98 Å². The fourth-order valence-electron chi connectivity index (χ4n) is 2.85. The third-order valence-electron chi connectivity index (χ3n) is 4.05. The summed E-state index contributed by atoms with van der Waals surface area (Å²) in [6.45, 7) is 4.58. The maximum absolute atomic E-state index is 11.5. The molecule has 0 amide bonds. The molecule has 1 aliphatic carbocycles. The molecule has 0 radical (unpaired) electrons. The summed E-state index contributed by atoms with van der Waals surface area (Å²) in [4.78, 5) is 18.9. The number of nitrogens with one attached hydrogen (secondary N) is 1. The van der Waals surface area contributed by atoms with Crippen LogP contribution >= 0.6 is 11.6 Å². The number of H-pyrrole nitrogens is 1. The smallest absolute Gasteiger partial charge is 0.251 e. The molecule has 1 heterocycles. The van der Waals surface area contributed by atoms with E-state index in [0.29, 0.717) is 17.5 Å². The van der Waals surface area contributed by atoms with Crippen molar-refractivity contribution in [1.82, 2.24) is 9.97 Å². The van der Waals surface area contributed by atoms with Crippen molar-refractivity contribution in [2.75, 3.05) is 0 Å². The summed E-state index contributed by atoms with van der Waals surface area (Å²) in [6.07, 6.45) is 4.71. The van der Waals surface area contributed by atoms with Gasteiger partial charge in [0.25, 0.3) is 5.56 Å². The van der Waals surface area contributed by atoms with Gasteiger partial charge in [-0.15, -0.1) is 11.6 Å². The van der Waals surface area contributed by atoms with Crippen LogP contribution in [-0.2, 0) is 5.88 Å². The number of hydrogen-bond acceptors (Lipinski definition) is 2. The van der Waals surface area contributed by atoms with Gasteiger partial charge in [0, 0.05) is 12.0 Å². The molecule has 4 heteroatoms. The molecule has 1 saturated carbocycles. The highest BCUT2D eigenvalue weighted by Gasteiger charge is 2.25. The van der Waals surface area contributed by atoms with Crippen molar-refractivity contribution in [3.05, 3.63) is 27.9 Å². The Morgan fingerprint density at radius 3 is 2.61 bits per heavy atom. The molecular formula is C14H21ClN2O. The summed E-state index contributed by atoms with van der Waals surface area (Å²) in [7, 11) is 0. The number of halogens is 1. The molecule has 1 N–H and O–H groups in total. The minimum absolute atomic E-state index is 0.0818. The van der Waals surface area contributed by atoms with E-state index in [0.717, 1.165) is 30.5 Å². The molecule has 0 aromatic carbocycles. The molecule has 0 unspecified atom stereocenters. The Bertz CT molecular complexity index is 447. The van der Waals surface area contributed by atoms with E-state index in [1.165, 1.54) is 18.9 Å². The monoisotopic (exact) mass is 268 g/mol. The third-order valence-corrected chi connectivity index (χ3v) is 4.33. The molecule has 100 valence electrons. The molecular weight excluding hydrogens is 248 g/mol. The lowest BCUT2D eigenvalue weighted by Crippen LogP contribution is -2.21. The lowest BCUT2D eigenvalue weighted by Gasteiger charge is -2.30. The summed E-state index contributed by atoms with van der Waals surface area (Å²) >= 11 is 5.76. The van der Waals surface area contributed by atoms with Gasteiger partial charge in [-0.3, -0.25) is 4.79 Å². The number of rotatable bonds is 3. The van der Waals surface area contributed by atoms with Crippen molar-refractivity contribution >= 4 is 11.6 Å². The average molecular weight is 269 g/mol. The first kappa shape index (κ1) is 13.6. The second-order valence-corrected chi connectivity index (χ2v) is 5.88. The Hall–Kier alpha value is -0.830. The molecule has 0 atom stereocenters. The molecule has 1 aliphatic rings. The van der Waals surface area contributed by atoms with Crippen LogP contribution in [0.1, 0.15) is 57.0 Å². The van der Waals surface area contributed by atoms with E-state index in [9.17, 15) is 4.79 Å². The Labute approximate surface area is 113 Å². The van der Waals surface area contributed by atoms with Gasteiger partial charge in [-0.1, -0.05) is 13.8 Å². The predicted octanol–water partition coefficient (Wildman–Crippen LogP) is 3.44. The molecule has 1 aromatic heterocycles. The summed E-state index contributed by atoms with van der Waals surface area (Å²) < 4.78 is 0. The predicted molar refractivity (Wildman–Crippen MR) is 74.0 cm³/mol. The number of nitrogens with zero attached hydrogens (tertiary/aromatic N) is 1. The molecule has 1 fully saturated rings. The van der Waals surface area contributed by atoms with Gasteiger partial charge < -0.3 is 4.98 Å². The second kappa shape index (κ2) is 5.87. The maximum atomic E-state index is 11.5. The second-order valence-electron chi connectivity index (χ2n) is 5.61. The summed E-state index contributed by atoms with van der Waals surface area (Å²) in [6, 6.07) is 1.48. The maximum Gasteiger partial charge on any atom is 0.251 e. The van der Waals surface area contributed by atoms with Crippen LogP contribution in [-0.4, -0.2) is 9.97 Å². The topological polar surface area (TPSA) is 45.8 Å². The molecule has 2 rings (SSSR count). The zero-order valence-corrected chi connectivity index (χ0v) is 11.8. The van der Waals surface area contributed by atoms with Gasteiger partial charge >= 0.3 is 0 Å². The van der Waals surface area contributed by atoms with Crippen LogP contribution in [0.3, 0.4) is 0 Å². The Balaban J connectivity index is 2.09. The van der Waals surface area contributed by atoms with Gasteiger partial charge in [0.05, 0.1) is 11.6 Å². The van der Waals surface area contributed by atoms with Crippen LogP contribution in [0.25, 0.3) is 0 Å². The molecule has 18 heavy (non-hydrogen) atoms. The molecule has 0 spiro atoms. The lowest BCUT2D eigenvalue weighted by molar-refractivity contribution is 0.254. The van der Waals surface area contributed by atoms with E-state index < -0.39 is 0 Å². The van der Waals surface area contributed by atoms with Gasteiger partial charge in [-0.2, -0.15) is 0 Å². The van der Waals surface area contributed by atoms with Crippen LogP contribution in [0, 0.1) is 11.8 Å². The van der Waals surface area contributed by atoms with Crippen molar-refractivity contribution in [2.45, 2.75) is 51.3 Å². The number of hydrogen-bond donors (Lipinski definition) is 1. The highest BCUT2D eigenvalue weighted by Crippen LogP contribution is 2.37. The fourth-order valence-corrected chi connectivity index (χ4v) is 2.99. The van der Waals surface area contributed by atoms with Crippen LogP contribution in [0.4, 0.5) is 0 Å². The first-order valence-corrected chi connectivity index (χ1v) is 7.29. The number of alkyl halides is 1. The SMILES string of the molecule is CC(C)C1CCC(c2nc(CCl)cc(=O)[nH]2)CC1. The number of aromatic amines is 1. The van der Waals surface area contributed by atoms with Crippen LogP contribution in [0.15, 0.2) is 10.9 Å². The van der Waals surface area contributed by atoms with Crippen molar-refractivity contribution < 1.29 is 0 Å². The van der Waals surface area contributed by atoms with E-state index in [1.807, 2.05) is 0 Å². The van der Waals surface area contributed by atoms with Crippen LogP contribution in [0.5, 0.6) is 0 Å². The van der Waals surface area contributed by atoms with Crippen molar-refractivity contribution in [3.63, 3.8) is 0 Å². The number of aromatic nitrogens is 2. The van der Waals surface area contributed by atoms with Gasteiger partial charge in [0.1, 0.15) is 5.82 Å². The van der Waals surface area contributed by atoms with Crippen molar-refractivity contribution in [2.24, 2.45) is 11.8 Å². The standard InChI is InChI=1S/C14H21ClN2O/c1-9(2)10-3-5-11(6-4-10)14-16-12(8-15)7-13(18)17-14/h7,9-11H,3-6,8H2,1-2H3,(H,16,17,18). The van der Waals surface area contributed by atoms with E-state index in [4.69, 9.17) is 11.6 Å². The quantitative estimate of drug-likeness (QED) is 0.854. The van der Waals surface area contributed by atoms with Gasteiger partial charge in [0.15, 0.2) is 0 Å². The third kappa shape index (κ3) is 3.14. The normalized spacial score (nSPS) is 24.4. The zero-order valence-electron chi connectivity index (χ0n) is 11.1. The largest absolute Gasteiger partial charge is 0.310 e. The molecule has 0 bridgehead atoms. The van der Waals surface area contributed by atoms with E-state index in [2.05, 4.69) is 23.8 Å². The van der Waals surface area contributed by atoms with E-state index >= 15 is 0 Å². The zero-order chi connectivity index (χ0) is 13.1. The highest BCUT2D eigenvalue weighted by atomic mass is 35.5. The molecule has 0 aliphatic heterocycles. The first-order chi connectivity index (χ1) is 8.60. The summed E-state index contributed by atoms with van der Waals surface area (Å²) in [5.41, 5.74) is 0.600. The lowest BCUT2D eigenvalue weighted by atomic mass is 9.77. The van der Waals surface area contributed by atoms with Gasteiger partial charge in [0.2, 0.25) is 0 Å². The molecule has 3 nitrogen and oxygen atoms in total. The van der Waals surface area contributed by atoms with Gasteiger partial charge in [-0.05, 0) is 37.5 Å². The minimum Gasteiger partial charge on any atom is -0.310 e. The fraction of sp³-hybridized carbons (Fsp3) is 0.714. The average Bonchev–Trinajstić information content (AvgIpc) is 2.38. The minimum atomic E-state index is -0.0818. The van der Waals surface area contributed by atoms with Crippen LogP contribution in [0.2, 0.25) is 0 Å². The Morgan fingerprint density at radius 1 is 1.39 bits per heavy atom. The van der Waals surface area contributed by atoms with Crippen molar-refractivity contribution in [1.29, 1.82) is 0 Å². The van der Waals surface area contributed by atoms with E-state index in [1.54, 1.807) is 0 Å². The van der Waals surface area contributed by atoms with E-state index in [-0.39, 0.29) is 5.56 Å². The first-order valence-electron chi connectivity index (χ1n) is 6.76. The molecule has 1 aromatic rings.